The molecule has 0 radical (unpaired) electrons. The quantitative estimate of drug-likeness (QED) is 0.632. The minimum atomic E-state index is -0.179. The third-order valence-electron chi connectivity index (χ3n) is 1.81. The molecular weight excluding hydrogens is 168 g/mol. The van der Waals surface area contributed by atoms with Gasteiger partial charge in [-0.1, -0.05) is 13.3 Å². The van der Waals surface area contributed by atoms with Crippen LogP contribution in [0.15, 0.2) is 5.10 Å². The van der Waals surface area contributed by atoms with Crippen molar-refractivity contribution < 1.29 is 4.79 Å². The summed E-state index contributed by atoms with van der Waals surface area (Å²) in [5.41, 5.74) is 6.37. The van der Waals surface area contributed by atoms with Gasteiger partial charge in [-0.15, -0.1) is 0 Å². The van der Waals surface area contributed by atoms with Crippen LogP contribution in [0, 0.1) is 0 Å². The van der Waals surface area contributed by atoms with Gasteiger partial charge < -0.3 is 0 Å². The fourth-order valence-electron chi connectivity index (χ4n) is 1.06. The van der Waals surface area contributed by atoms with E-state index in [9.17, 15) is 4.79 Å². The molecule has 0 spiro atoms. The molecule has 1 aliphatic heterocycles. The van der Waals surface area contributed by atoms with Crippen LogP contribution >= 0.6 is 0 Å². The first-order valence-electron chi connectivity index (χ1n) is 4.58. The highest BCUT2D eigenvalue weighted by atomic mass is 16.2. The molecule has 0 aromatic heterocycles. The molecule has 1 heterocycles. The monoisotopic (exact) mass is 184 g/mol. The van der Waals surface area contributed by atoms with Gasteiger partial charge in [-0.3, -0.25) is 5.01 Å². The Morgan fingerprint density at radius 1 is 1.69 bits per heavy atom. The van der Waals surface area contributed by atoms with Crippen molar-refractivity contribution in [1.29, 1.82) is 0 Å². The van der Waals surface area contributed by atoms with Crippen molar-refractivity contribution in [3.05, 3.63) is 0 Å². The van der Waals surface area contributed by atoms with Crippen molar-refractivity contribution in [3.63, 3.8) is 0 Å². The Morgan fingerprint density at radius 3 is 3.15 bits per heavy atom. The molecule has 5 nitrogen and oxygen atoms in total. The van der Waals surface area contributed by atoms with Crippen molar-refractivity contribution in [3.8, 4) is 0 Å². The van der Waals surface area contributed by atoms with Gasteiger partial charge in [-0.05, 0) is 13.3 Å². The number of amides is 2. The average Bonchev–Trinajstić information content (AvgIpc) is 2.11. The Hall–Kier alpha value is -1.10. The van der Waals surface area contributed by atoms with Crippen molar-refractivity contribution in [2.24, 2.45) is 5.10 Å². The molecule has 2 amide bonds. The van der Waals surface area contributed by atoms with E-state index in [2.05, 4.69) is 22.9 Å². The van der Waals surface area contributed by atoms with Gasteiger partial charge in [0.15, 0.2) is 0 Å². The second kappa shape index (κ2) is 4.81. The summed E-state index contributed by atoms with van der Waals surface area (Å²) in [5, 5.41) is 5.38. The summed E-state index contributed by atoms with van der Waals surface area (Å²) in [6.45, 7) is 5.39. The van der Waals surface area contributed by atoms with Crippen molar-refractivity contribution in [2.45, 2.75) is 26.7 Å². The van der Waals surface area contributed by atoms with E-state index in [1.54, 1.807) is 5.01 Å². The van der Waals surface area contributed by atoms with Crippen LogP contribution in [-0.4, -0.2) is 29.8 Å². The van der Waals surface area contributed by atoms with E-state index in [4.69, 9.17) is 0 Å². The number of unbranched alkanes of at least 4 members (excludes halogenated alkanes) is 1. The highest BCUT2D eigenvalue weighted by Gasteiger charge is 2.17. The van der Waals surface area contributed by atoms with Crippen LogP contribution in [0.4, 0.5) is 4.79 Å². The molecule has 0 aromatic rings. The smallest absolute Gasteiger partial charge is 0.253 e. The normalized spacial score (nSPS) is 16.9. The molecule has 0 aromatic carbocycles. The molecule has 0 unspecified atom stereocenters. The second-order valence-electron chi connectivity index (χ2n) is 3.11. The summed E-state index contributed by atoms with van der Waals surface area (Å²) in [4.78, 5) is 11.2. The highest BCUT2D eigenvalue weighted by Crippen LogP contribution is 1.94. The number of urea groups is 1. The van der Waals surface area contributed by atoms with Crippen LogP contribution in [-0.2, 0) is 0 Å². The zero-order valence-electron chi connectivity index (χ0n) is 8.13. The molecule has 0 saturated carbocycles. The maximum atomic E-state index is 11.2. The number of carbonyl (C=O) groups is 1. The fraction of sp³-hybridized carbons (Fsp3) is 0.750. The summed E-state index contributed by atoms with van der Waals surface area (Å²) in [5.74, 6) is 0. The van der Waals surface area contributed by atoms with Crippen LogP contribution in [0.5, 0.6) is 0 Å². The molecule has 5 heteroatoms. The summed E-state index contributed by atoms with van der Waals surface area (Å²) < 4.78 is 0. The Morgan fingerprint density at radius 2 is 2.46 bits per heavy atom. The van der Waals surface area contributed by atoms with Crippen molar-refractivity contribution >= 4 is 11.7 Å². The zero-order chi connectivity index (χ0) is 9.68. The lowest BCUT2D eigenvalue weighted by molar-refractivity contribution is 0.176. The van der Waals surface area contributed by atoms with Gasteiger partial charge in [0.25, 0.3) is 0 Å². The average molecular weight is 184 g/mol. The Kier molecular flexibility index (Phi) is 3.70. The molecule has 74 valence electrons. The standard InChI is InChI=1S/C8H16N4O/c1-3-4-5-9-12-6-7(2)10-11-8(12)13/h9H,3-6H2,1-2H3,(H,11,13). The lowest BCUT2D eigenvalue weighted by Crippen LogP contribution is -2.52. The maximum Gasteiger partial charge on any atom is 0.352 e. The molecule has 1 rings (SSSR count). The van der Waals surface area contributed by atoms with Crippen LogP contribution in [0.3, 0.4) is 0 Å². The van der Waals surface area contributed by atoms with E-state index in [1.165, 1.54) is 0 Å². The number of hydrazone groups is 1. The van der Waals surface area contributed by atoms with Gasteiger partial charge in [-0.25, -0.2) is 15.6 Å². The van der Waals surface area contributed by atoms with Crippen LogP contribution in [0.2, 0.25) is 0 Å². The molecule has 0 bridgehead atoms. The van der Waals surface area contributed by atoms with Gasteiger partial charge >= 0.3 is 6.03 Å². The Labute approximate surface area is 78.1 Å². The molecule has 0 saturated heterocycles. The SMILES string of the molecule is CCCCNN1CC(C)=NNC1=O. The molecule has 0 fully saturated rings. The number of hydrogen-bond donors (Lipinski definition) is 2. The van der Waals surface area contributed by atoms with E-state index in [0.29, 0.717) is 6.54 Å². The number of nitrogens with one attached hydrogen (secondary N) is 2. The first-order valence-corrected chi connectivity index (χ1v) is 4.58. The third kappa shape index (κ3) is 3.02. The van der Waals surface area contributed by atoms with E-state index in [0.717, 1.165) is 25.1 Å². The Balaban J connectivity index is 2.32. The summed E-state index contributed by atoms with van der Waals surface area (Å²) in [7, 11) is 0. The van der Waals surface area contributed by atoms with Crippen molar-refractivity contribution in [1.82, 2.24) is 15.9 Å². The van der Waals surface area contributed by atoms with E-state index in [-0.39, 0.29) is 6.03 Å². The number of hydrazine groups is 1. The fourth-order valence-corrected chi connectivity index (χ4v) is 1.06. The maximum absolute atomic E-state index is 11.2. The highest BCUT2D eigenvalue weighted by molar-refractivity contribution is 5.91. The second-order valence-corrected chi connectivity index (χ2v) is 3.11. The summed E-state index contributed by atoms with van der Waals surface area (Å²) in [6, 6.07) is -0.179. The number of hydrogen-bond acceptors (Lipinski definition) is 3. The van der Waals surface area contributed by atoms with Gasteiger partial charge in [0.05, 0.1) is 12.3 Å². The van der Waals surface area contributed by atoms with Gasteiger partial charge in [0, 0.05) is 6.54 Å². The minimum absolute atomic E-state index is 0.179. The van der Waals surface area contributed by atoms with Crippen LogP contribution in [0.25, 0.3) is 0 Å². The zero-order valence-corrected chi connectivity index (χ0v) is 8.13. The first-order chi connectivity index (χ1) is 6.24. The Bertz CT molecular complexity index is 214. The lowest BCUT2D eigenvalue weighted by Gasteiger charge is -2.25. The first kappa shape index (κ1) is 9.98. The molecule has 0 aliphatic carbocycles. The topological polar surface area (TPSA) is 56.7 Å². The van der Waals surface area contributed by atoms with E-state index in [1.807, 2.05) is 6.92 Å². The predicted octanol–water partition coefficient (Wildman–Crippen LogP) is 0.692. The number of nitrogens with zero attached hydrogens (tertiary/aromatic N) is 2. The van der Waals surface area contributed by atoms with Gasteiger partial charge in [0.1, 0.15) is 0 Å². The molecular formula is C8H16N4O. The van der Waals surface area contributed by atoms with Gasteiger partial charge in [-0.2, -0.15) is 5.10 Å². The van der Waals surface area contributed by atoms with Gasteiger partial charge in [0.2, 0.25) is 0 Å². The van der Waals surface area contributed by atoms with E-state index >= 15 is 0 Å². The lowest BCUT2D eigenvalue weighted by atomic mass is 10.3. The largest absolute Gasteiger partial charge is 0.352 e. The minimum Gasteiger partial charge on any atom is -0.253 e. The molecule has 1 aliphatic rings. The van der Waals surface area contributed by atoms with Crippen molar-refractivity contribution in [2.75, 3.05) is 13.1 Å². The predicted molar refractivity (Wildman–Crippen MR) is 51.3 cm³/mol. The molecule has 0 atom stereocenters. The van der Waals surface area contributed by atoms with Crippen LogP contribution in [0.1, 0.15) is 26.7 Å². The third-order valence-corrected chi connectivity index (χ3v) is 1.81. The number of rotatable bonds is 4. The van der Waals surface area contributed by atoms with E-state index < -0.39 is 0 Å². The molecule has 13 heavy (non-hydrogen) atoms. The molecule has 2 N–H and O–H groups in total. The summed E-state index contributed by atoms with van der Waals surface area (Å²) >= 11 is 0. The summed E-state index contributed by atoms with van der Waals surface area (Å²) in [6.07, 6.45) is 2.19. The van der Waals surface area contributed by atoms with Crippen LogP contribution < -0.4 is 10.9 Å². The number of carbonyl (C=O) groups excluding carboxylic acids is 1.